The minimum absolute atomic E-state index is 0.206. The second kappa shape index (κ2) is 5.30. The first kappa shape index (κ1) is 13.0. The van der Waals surface area contributed by atoms with Crippen LogP contribution in [-0.2, 0) is 9.59 Å². The molecule has 5 heteroatoms. The normalized spacial score (nSPS) is 25.6. The average Bonchev–Trinajstić information content (AvgIpc) is 2.58. The van der Waals surface area contributed by atoms with E-state index < -0.39 is 5.97 Å². The molecular formula is C11H20N2O3. The standard InChI is InChI=1S/C11H20N2O3/c1-3-11(2)4-5-13(8-11)7-9(14)12-6-10(15)16/h3-8H2,1-2H3,(H,12,14)(H,15,16). The van der Waals surface area contributed by atoms with Crippen LogP contribution < -0.4 is 5.32 Å². The largest absolute Gasteiger partial charge is 0.480 e. The first-order chi connectivity index (χ1) is 7.45. The number of hydrogen-bond acceptors (Lipinski definition) is 3. The summed E-state index contributed by atoms with van der Waals surface area (Å²) in [5.41, 5.74) is 0.313. The van der Waals surface area contributed by atoms with Crippen LogP contribution in [0, 0.1) is 5.41 Å². The molecule has 0 aromatic carbocycles. The van der Waals surface area contributed by atoms with Crippen LogP contribution in [0.25, 0.3) is 0 Å². The van der Waals surface area contributed by atoms with Gasteiger partial charge in [-0.2, -0.15) is 0 Å². The Balaban J connectivity index is 2.28. The third-order valence-electron chi connectivity index (χ3n) is 3.29. The van der Waals surface area contributed by atoms with E-state index in [0.717, 1.165) is 25.9 Å². The van der Waals surface area contributed by atoms with Crippen molar-refractivity contribution in [3.63, 3.8) is 0 Å². The minimum Gasteiger partial charge on any atom is -0.480 e. The second-order valence-corrected chi connectivity index (χ2v) is 4.80. The van der Waals surface area contributed by atoms with Crippen molar-refractivity contribution in [2.45, 2.75) is 26.7 Å². The van der Waals surface area contributed by atoms with Crippen LogP contribution in [0.2, 0.25) is 0 Å². The molecule has 1 atom stereocenters. The minimum atomic E-state index is -1.01. The summed E-state index contributed by atoms with van der Waals surface area (Å²) >= 11 is 0. The highest BCUT2D eigenvalue weighted by Gasteiger charge is 2.32. The van der Waals surface area contributed by atoms with Gasteiger partial charge in [0.1, 0.15) is 6.54 Å². The molecule has 0 radical (unpaired) electrons. The van der Waals surface area contributed by atoms with E-state index in [2.05, 4.69) is 24.1 Å². The SMILES string of the molecule is CCC1(C)CCN(CC(=O)NCC(=O)O)C1. The zero-order chi connectivity index (χ0) is 12.2. The van der Waals surface area contributed by atoms with Gasteiger partial charge in [0.2, 0.25) is 5.91 Å². The quantitative estimate of drug-likeness (QED) is 0.710. The van der Waals surface area contributed by atoms with Crippen LogP contribution in [0.4, 0.5) is 0 Å². The van der Waals surface area contributed by atoms with E-state index in [1.54, 1.807) is 0 Å². The third kappa shape index (κ3) is 3.81. The van der Waals surface area contributed by atoms with Gasteiger partial charge in [0.05, 0.1) is 6.54 Å². The number of likely N-dealkylation sites (tertiary alicyclic amines) is 1. The number of carboxylic acid groups (broad SMARTS) is 1. The summed E-state index contributed by atoms with van der Waals surface area (Å²) in [6.07, 6.45) is 2.22. The molecule has 0 saturated carbocycles. The van der Waals surface area contributed by atoms with Gasteiger partial charge in [-0.25, -0.2) is 0 Å². The topological polar surface area (TPSA) is 69.6 Å². The summed E-state index contributed by atoms with van der Waals surface area (Å²) in [5, 5.41) is 10.8. The Labute approximate surface area is 95.8 Å². The van der Waals surface area contributed by atoms with Crippen molar-refractivity contribution >= 4 is 11.9 Å². The Bertz CT molecular complexity index is 280. The molecule has 0 aromatic rings. The van der Waals surface area contributed by atoms with E-state index in [-0.39, 0.29) is 12.5 Å². The zero-order valence-electron chi connectivity index (χ0n) is 9.95. The van der Waals surface area contributed by atoms with Crippen molar-refractivity contribution in [1.82, 2.24) is 10.2 Å². The van der Waals surface area contributed by atoms with Crippen molar-refractivity contribution < 1.29 is 14.7 Å². The van der Waals surface area contributed by atoms with E-state index in [1.807, 2.05) is 0 Å². The Morgan fingerprint density at radius 2 is 2.19 bits per heavy atom. The summed E-state index contributed by atoms with van der Waals surface area (Å²) in [7, 11) is 0. The molecule has 1 fully saturated rings. The maximum absolute atomic E-state index is 11.4. The molecule has 1 heterocycles. The van der Waals surface area contributed by atoms with E-state index in [0.29, 0.717) is 12.0 Å². The first-order valence-corrected chi connectivity index (χ1v) is 5.66. The molecule has 1 saturated heterocycles. The maximum Gasteiger partial charge on any atom is 0.322 e. The van der Waals surface area contributed by atoms with Crippen LogP contribution in [0.3, 0.4) is 0 Å². The summed E-state index contributed by atoms with van der Waals surface area (Å²) in [6, 6.07) is 0. The number of nitrogens with one attached hydrogen (secondary N) is 1. The summed E-state index contributed by atoms with van der Waals surface area (Å²) in [6.45, 7) is 6.24. The van der Waals surface area contributed by atoms with Gasteiger partial charge in [0, 0.05) is 6.54 Å². The van der Waals surface area contributed by atoms with Gasteiger partial charge in [0.15, 0.2) is 0 Å². The number of aliphatic carboxylic acids is 1. The number of carbonyl (C=O) groups excluding carboxylic acids is 1. The molecule has 0 aliphatic carbocycles. The molecular weight excluding hydrogens is 208 g/mol. The van der Waals surface area contributed by atoms with Crippen molar-refractivity contribution in [2.75, 3.05) is 26.2 Å². The highest BCUT2D eigenvalue weighted by Crippen LogP contribution is 2.32. The predicted molar refractivity (Wildman–Crippen MR) is 60.1 cm³/mol. The fourth-order valence-electron chi connectivity index (χ4n) is 1.98. The van der Waals surface area contributed by atoms with Crippen molar-refractivity contribution in [3.8, 4) is 0 Å². The molecule has 0 spiro atoms. The lowest BCUT2D eigenvalue weighted by Crippen LogP contribution is -2.39. The lowest BCUT2D eigenvalue weighted by atomic mass is 9.87. The van der Waals surface area contributed by atoms with Gasteiger partial charge in [-0.1, -0.05) is 13.8 Å². The number of amides is 1. The number of carbonyl (C=O) groups is 2. The molecule has 92 valence electrons. The first-order valence-electron chi connectivity index (χ1n) is 5.66. The molecule has 1 aliphatic heterocycles. The highest BCUT2D eigenvalue weighted by atomic mass is 16.4. The van der Waals surface area contributed by atoms with E-state index >= 15 is 0 Å². The Kier molecular flexibility index (Phi) is 4.29. The van der Waals surface area contributed by atoms with Gasteiger partial charge < -0.3 is 10.4 Å². The molecule has 1 rings (SSSR count). The number of hydrogen-bond donors (Lipinski definition) is 2. The van der Waals surface area contributed by atoms with Crippen LogP contribution in [-0.4, -0.2) is 48.1 Å². The van der Waals surface area contributed by atoms with E-state index in [1.165, 1.54) is 0 Å². The number of nitrogens with zero attached hydrogens (tertiary/aromatic N) is 1. The van der Waals surface area contributed by atoms with Crippen molar-refractivity contribution in [1.29, 1.82) is 0 Å². The highest BCUT2D eigenvalue weighted by molar-refractivity contribution is 5.82. The molecule has 1 aliphatic rings. The van der Waals surface area contributed by atoms with Gasteiger partial charge in [0.25, 0.3) is 0 Å². The molecule has 0 bridgehead atoms. The third-order valence-corrected chi connectivity index (χ3v) is 3.29. The van der Waals surface area contributed by atoms with Crippen LogP contribution in [0.5, 0.6) is 0 Å². The van der Waals surface area contributed by atoms with Crippen molar-refractivity contribution in [2.24, 2.45) is 5.41 Å². The smallest absolute Gasteiger partial charge is 0.322 e. The molecule has 5 nitrogen and oxygen atoms in total. The van der Waals surface area contributed by atoms with Gasteiger partial charge in [-0.05, 0) is 24.8 Å². The Morgan fingerprint density at radius 1 is 1.50 bits per heavy atom. The van der Waals surface area contributed by atoms with Gasteiger partial charge in [-0.15, -0.1) is 0 Å². The van der Waals surface area contributed by atoms with Crippen LogP contribution in [0.15, 0.2) is 0 Å². The summed E-state index contributed by atoms with van der Waals surface area (Å²) in [4.78, 5) is 23.7. The number of rotatable bonds is 5. The Hall–Kier alpha value is -1.10. The lowest BCUT2D eigenvalue weighted by molar-refractivity contribution is -0.138. The number of carboxylic acids is 1. The fraction of sp³-hybridized carbons (Fsp3) is 0.818. The average molecular weight is 228 g/mol. The molecule has 1 unspecified atom stereocenters. The lowest BCUT2D eigenvalue weighted by Gasteiger charge is -2.22. The van der Waals surface area contributed by atoms with Crippen LogP contribution in [0.1, 0.15) is 26.7 Å². The summed E-state index contributed by atoms with van der Waals surface area (Å²) < 4.78 is 0. The maximum atomic E-state index is 11.4. The predicted octanol–water partition coefficient (Wildman–Crippen LogP) is 0.309. The fourth-order valence-corrected chi connectivity index (χ4v) is 1.98. The van der Waals surface area contributed by atoms with Crippen LogP contribution >= 0.6 is 0 Å². The molecule has 0 aromatic heterocycles. The second-order valence-electron chi connectivity index (χ2n) is 4.80. The molecule has 2 N–H and O–H groups in total. The van der Waals surface area contributed by atoms with Gasteiger partial charge in [-0.3, -0.25) is 14.5 Å². The molecule has 16 heavy (non-hydrogen) atoms. The van der Waals surface area contributed by atoms with E-state index in [4.69, 9.17) is 5.11 Å². The molecule has 1 amide bonds. The summed E-state index contributed by atoms with van der Waals surface area (Å²) in [5.74, 6) is -1.21. The van der Waals surface area contributed by atoms with Gasteiger partial charge >= 0.3 is 5.97 Å². The zero-order valence-corrected chi connectivity index (χ0v) is 9.95. The Morgan fingerprint density at radius 3 is 2.69 bits per heavy atom. The monoisotopic (exact) mass is 228 g/mol. The van der Waals surface area contributed by atoms with Crippen molar-refractivity contribution in [3.05, 3.63) is 0 Å². The van der Waals surface area contributed by atoms with E-state index in [9.17, 15) is 9.59 Å².